The molecule has 18 heavy (non-hydrogen) atoms. The second kappa shape index (κ2) is 4.61. The summed E-state index contributed by atoms with van der Waals surface area (Å²) in [4.78, 5) is 29.6. The zero-order valence-electron chi connectivity index (χ0n) is 9.25. The maximum absolute atomic E-state index is 11.7. The molecule has 0 spiro atoms. The van der Waals surface area contributed by atoms with Gasteiger partial charge in [0.1, 0.15) is 0 Å². The van der Waals surface area contributed by atoms with Crippen molar-refractivity contribution in [3.8, 4) is 0 Å². The first-order valence-electron chi connectivity index (χ1n) is 5.29. The number of H-pyrrole nitrogens is 2. The van der Waals surface area contributed by atoms with Crippen molar-refractivity contribution >= 4 is 22.9 Å². The van der Waals surface area contributed by atoms with Gasteiger partial charge >= 0.3 is 0 Å². The topological polar surface area (TPSA) is 87.3 Å². The van der Waals surface area contributed by atoms with Gasteiger partial charge in [0.2, 0.25) is 0 Å². The van der Waals surface area contributed by atoms with Crippen LogP contribution in [0.3, 0.4) is 0 Å². The molecule has 3 rings (SSSR count). The fourth-order valence-corrected chi connectivity index (χ4v) is 2.29. The van der Waals surface area contributed by atoms with Crippen LogP contribution in [0.2, 0.25) is 0 Å². The molecule has 2 N–H and O–H groups in total. The number of nitrogens with zero attached hydrogens (tertiary/aromatic N) is 3. The average Bonchev–Trinajstić information content (AvgIpc) is 2.86. The van der Waals surface area contributed by atoms with Crippen molar-refractivity contribution in [1.29, 1.82) is 0 Å². The van der Waals surface area contributed by atoms with Crippen molar-refractivity contribution in [2.24, 2.45) is 0 Å². The van der Waals surface area contributed by atoms with Crippen molar-refractivity contribution in [2.45, 2.75) is 10.9 Å². The standard InChI is InChI=1S/C11H9N5OS/c17-10-8-9(14-6-13-8)15-11(16-10)18-5-7-3-1-2-4-12-7/h1-4,6H,5H2,(H2,13,14,15,16,17). The molecule has 3 aromatic rings. The molecule has 0 aliphatic rings. The maximum atomic E-state index is 11.7. The van der Waals surface area contributed by atoms with Gasteiger partial charge in [-0.2, -0.15) is 0 Å². The van der Waals surface area contributed by atoms with Crippen molar-refractivity contribution < 1.29 is 0 Å². The molecule has 3 aromatic heterocycles. The first kappa shape index (κ1) is 11.0. The van der Waals surface area contributed by atoms with Gasteiger partial charge in [-0.05, 0) is 12.1 Å². The van der Waals surface area contributed by atoms with E-state index in [0.29, 0.717) is 22.1 Å². The summed E-state index contributed by atoms with van der Waals surface area (Å²) in [6.07, 6.45) is 3.20. The molecule has 0 bridgehead atoms. The normalized spacial score (nSPS) is 10.9. The third kappa shape index (κ3) is 2.12. The second-order valence-corrected chi connectivity index (χ2v) is 4.55. The number of fused-ring (bicyclic) bond motifs is 1. The molecule has 90 valence electrons. The van der Waals surface area contributed by atoms with Crippen molar-refractivity contribution in [3.63, 3.8) is 0 Å². The second-order valence-electron chi connectivity index (χ2n) is 3.58. The molecule has 0 amide bonds. The Kier molecular flexibility index (Phi) is 2.81. The molecule has 0 aliphatic carbocycles. The van der Waals surface area contributed by atoms with E-state index >= 15 is 0 Å². The maximum Gasteiger partial charge on any atom is 0.277 e. The number of rotatable bonds is 3. The Morgan fingerprint density at radius 3 is 3.06 bits per heavy atom. The minimum absolute atomic E-state index is 0.207. The third-order valence-corrected chi connectivity index (χ3v) is 3.26. The summed E-state index contributed by atoms with van der Waals surface area (Å²) in [6.45, 7) is 0. The first-order valence-corrected chi connectivity index (χ1v) is 6.27. The molecule has 0 saturated heterocycles. The fourth-order valence-electron chi connectivity index (χ4n) is 1.52. The summed E-state index contributed by atoms with van der Waals surface area (Å²) in [5.74, 6) is 0.652. The predicted molar refractivity (Wildman–Crippen MR) is 68.3 cm³/mol. The lowest BCUT2D eigenvalue weighted by Crippen LogP contribution is -2.09. The Morgan fingerprint density at radius 2 is 2.22 bits per heavy atom. The summed E-state index contributed by atoms with van der Waals surface area (Å²) in [7, 11) is 0. The van der Waals surface area contributed by atoms with Gasteiger partial charge in [0.15, 0.2) is 16.3 Å². The van der Waals surface area contributed by atoms with Crippen LogP contribution in [0.5, 0.6) is 0 Å². The van der Waals surface area contributed by atoms with E-state index in [1.807, 2.05) is 18.2 Å². The number of imidazole rings is 1. The molecule has 0 saturated carbocycles. The summed E-state index contributed by atoms with van der Waals surface area (Å²) in [5, 5.41) is 0.547. The number of aromatic nitrogens is 5. The van der Waals surface area contributed by atoms with Gasteiger partial charge in [-0.15, -0.1) is 0 Å². The van der Waals surface area contributed by atoms with Crippen molar-refractivity contribution in [1.82, 2.24) is 24.9 Å². The van der Waals surface area contributed by atoms with E-state index < -0.39 is 0 Å². The SMILES string of the molecule is O=c1[nH]c(SCc2ccccn2)nc2nc[nH]c12. The molecule has 0 unspecified atom stereocenters. The molecule has 3 heterocycles. The average molecular weight is 259 g/mol. The summed E-state index contributed by atoms with van der Waals surface area (Å²) in [5.41, 5.74) is 1.56. The highest BCUT2D eigenvalue weighted by molar-refractivity contribution is 7.98. The summed E-state index contributed by atoms with van der Waals surface area (Å²) >= 11 is 1.42. The Labute approximate surface area is 106 Å². The summed E-state index contributed by atoms with van der Waals surface area (Å²) in [6, 6.07) is 5.72. The van der Waals surface area contributed by atoms with Crippen LogP contribution in [-0.2, 0) is 5.75 Å². The Bertz CT molecular complexity index is 721. The van der Waals surface area contributed by atoms with E-state index in [2.05, 4.69) is 24.9 Å². The van der Waals surface area contributed by atoms with Gasteiger partial charge < -0.3 is 4.98 Å². The quantitative estimate of drug-likeness (QED) is 0.547. The van der Waals surface area contributed by atoms with Crippen molar-refractivity contribution in [3.05, 3.63) is 46.8 Å². The van der Waals surface area contributed by atoms with Crippen LogP contribution in [0.4, 0.5) is 0 Å². The molecule has 0 aliphatic heterocycles. The highest BCUT2D eigenvalue weighted by atomic mass is 32.2. The van der Waals surface area contributed by atoms with Gasteiger partial charge in [0.05, 0.1) is 12.0 Å². The van der Waals surface area contributed by atoms with E-state index in [-0.39, 0.29) is 5.56 Å². The minimum Gasteiger partial charge on any atom is -0.339 e. The van der Waals surface area contributed by atoms with Crippen LogP contribution in [0.25, 0.3) is 11.2 Å². The monoisotopic (exact) mass is 259 g/mol. The lowest BCUT2D eigenvalue weighted by molar-refractivity contribution is 0.963. The molecule has 6 nitrogen and oxygen atoms in total. The highest BCUT2D eigenvalue weighted by Crippen LogP contribution is 2.17. The molecule has 0 aromatic carbocycles. The molecule has 0 radical (unpaired) electrons. The fraction of sp³-hybridized carbons (Fsp3) is 0.0909. The van der Waals surface area contributed by atoms with E-state index in [4.69, 9.17) is 0 Å². The van der Waals surface area contributed by atoms with E-state index in [1.54, 1.807) is 6.20 Å². The number of thioether (sulfide) groups is 1. The molecular formula is C11H9N5OS. The van der Waals surface area contributed by atoms with Gasteiger partial charge in [-0.3, -0.25) is 14.8 Å². The lowest BCUT2D eigenvalue weighted by atomic mass is 10.4. The van der Waals surface area contributed by atoms with E-state index in [9.17, 15) is 4.79 Å². The van der Waals surface area contributed by atoms with E-state index in [0.717, 1.165) is 5.69 Å². The lowest BCUT2D eigenvalue weighted by Gasteiger charge is -2.00. The zero-order chi connectivity index (χ0) is 12.4. The van der Waals surface area contributed by atoms with E-state index in [1.165, 1.54) is 18.1 Å². The number of nitrogens with one attached hydrogen (secondary N) is 2. The molecular weight excluding hydrogens is 250 g/mol. The van der Waals surface area contributed by atoms with Crippen LogP contribution >= 0.6 is 11.8 Å². The highest BCUT2D eigenvalue weighted by Gasteiger charge is 2.06. The van der Waals surface area contributed by atoms with Gasteiger partial charge in [-0.1, -0.05) is 17.8 Å². The van der Waals surface area contributed by atoms with Crippen LogP contribution in [0, 0.1) is 0 Å². The van der Waals surface area contributed by atoms with Crippen LogP contribution < -0.4 is 5.56 Å². The summed E-state index contributed by atoms with van der Waals surface area (Å²) < 4.78 is 0. The predicted octanol–water partition coefficient (Wildman–Crippen LogP) is 1.33. The number of hydrogen-bond acceptors (Lipinski definition) is 5. The number of pyridine rings is 1. The van der Waals surface area contributed by atoms with Gasteiger partial charge in [0, 0.05) is 11.9 Å². The Hall–Kier alpha value is -2.15. The largest absolute Gasteiger partial charge is 0.339 e. The van der Waals surface area contributed by atoms with Gasteiger partial charge in [-0.25, -0.2) is 9.97 Å². The van der Waals surface area contributed by atoms with Crippen LogP contribution in [0.1, 0.15) is 5.69 Å². The minimum atomic E-state index is -0.207. The first-order chi connectivity index (χ1) is 8.83. The van der Waals surface area contributed by atoms with Gasteiger partial charge in [0.25, 0.3) is 5.56 Å². The number of aromatic amines is 2. The molecule has 0 atom stereocenters. The smallest absolute Gasteiger partial charge is 0.277 e. The Morgan fingerprint density at radius 1 is 1.28 bits per heavy atom. The Balaban J connectivity index is 1.85. The zero-order valence-corrected chi connectivity index (χ0v) is 10.1. The number of hydrogen-bond donors (Lipinski definition) is 2. The molecule has 7 heteroatoms. The van der Waals surface area contributed by atoms with Crippen molar-refractivity contribution in [2.75, 3.05) is 0 Å². The third-order valence-electron chi connectivity index (χ3n) is 2.36. The van der Waals surface area contributed by atoms with Crippen LogP contribution in [0.15, 0.2) is 40.7 Å². The van der Waals surface area contributed by atoms with Crippen LogP contribution in [-0.4, -0.2) is 24.9 Å². The molecule has 0 fully saturated rings.